The van der Waals surface area contributed by atoms with Gasteiger partial charge < -0.3 is 17.2 Å². The molecular weight excluding hydrogens is 404 g/mol. The molecule has 0 bridgehead atoms. The average molecular weight is 426 g/mol. The van der Waals surface area contributed by atoms with E-state index in [1.807, 2.05) is 0 Å². The lowest BCUT2D eigenvalue weighted by molar-refractivity contribution is -0.148. The first-order valence-electron chi connectivity index (χ1n) is 8.80. The van der Waals surface area contributed by atoms with Crippen molar-refractivity contribution in [1.82, 2.24) is 15.3 Å². The number of hydrazine groups is 1. The van der Waals surface area contributed by atoms with Crippen LogP contribution in [0.25, 0.3) is 0 Å². The predicted octanol–water partition coefficient (Wildman–Crippen LogP) is -3.70. The minimum absolute atomic E-state index is 0.0430. The first-order valence-corrected chi connectivity index (χ1v) is 8.80. The summed E-state index contributed by atoms with van der Waals surface area (Å²) in [5, 5.41) is 0.684. The van der Waals surface area contributed by atoms with Crippen LogP contribution in [0.3, 0.4) is 0 Å². The van der Waals surface area contributed by atoms with E-state index in [4.69, 9.17) is 17.2 Å². The van der Waals surface area contributed by atoms with Crippen LogP contribution in [0.4, 0.5) is 0 Å². The Hall–Kier alpha value is -3.84. The molecule has 2 aliphatic rings. The van der Waals surface area contributed by atoms with Crippen molar-refractivity contribution in [2.24, 2.45) is 17.2 Å². The van der Waals surface area contributed by atoms with Crippen molar-refractivity contribution in [2.45, 2.75) is 51.0 Å². The number of imide groups is 2. The van der Waals surface area contributed by atoms with Gasteiger partial charge in [-0.15, -0.1) is 0 Å². The van der Waals surface area contributed by atoms with Gasteiger partial charge in [0, 0.05) is 38.5 Å². The molecule has 2 saturated heterocycles. The second-order valence-corrected chi connectivity index (χ2v) is 6.37. The van der Waals surface area contributed by atoms with Gasteiger partial charge in [-0.25, -0.2) is 0 Å². The molecule has 30 heavy (non-hydrogen) atoms. The highest BCUT2D eigenvalue weighted by Crippen LogP contribution is 2.17. The number of hydrogen-bond acceptors (Lipinski definition) is 8. The minimum atomic E-state index is -1.25. The van der Waals surface area contributed by atoms with Crippen LogP contribution in [-0.2, 0) is 38.4 Å². The van der Waals surface area contributed by atoms with Gasteiger partial charge in [-0.2, -0.15) is 5.01 Å². The molecule has 14 nitrogen and oxygen atoms in total. The van der Waals surface area contributed by atoms with Crippen molar-refractivity contribution in [3.63, 3.8) is 0 Å². The Morgan fingerprint density at radius 3 is 1.63 bits per heavy atom. The second kappa shape index (κ2) is 10.6. The number of nitrogens with one attached hydrogen (secondary N) is 1. The van der Waals surface area contributed by atoms with E-state index in [-0.39, 0.29) is 38.5 Å². The summed E-state index contributed by atoms with van der Waals surface area (Å²) < 4.78 is 0. The highest BCUT2D eigenvalue weighted by atomic mass is 16.2. The van der Waals surface area contributed by atoms with Gasteiger partial charge in [0.25, 0.3) is 0 Å². The monoisotopic (exact) mass is 426 g/mol. The Morgan fingerprint density at radius 2 is 1.23 bits per heavy atom. The lowest BCUT2D eigenvalue weighted by atomic mass is 10.1. The van der Waals surface area contributed by atoms with Crippen LogP contribution in [0.15, 0.2) is 0 Å². The van der Waals surface area contributed by atoms with E-state index in [1.54, 1.807) is 0 Å². The number of carbonyl (C=O) groups excluding carboxylic acids is 8. The summed E-state index contributed by atoms with van der Waals surface area (Å²) in [6, 6.07) is -1.25. The molecule has 0 aromatic carbocycles. The SMILES string of the molecule is NC(=O)CC(C(N)=O)N1C(=O)CCC1=O.NC(=O)CCC(=O)NN1C(=O)CCC1=O. The first kappa shape index (κ1) is 24.2. The number of carbonyl (C=O) groups is 8. The maximum atomic E-state index is 11.3. The molecule has 14 heteroatoms. The van der Waals surface area contributed by atoms with Gasteiger partial charge >= 0.3 is 0 Å². The molecule has 0 aliphatic carbocycles. The molecule has 0 radical (unpaired) electrons. The third-order valence-corrected chi connectivity index (χ3v) is 4.01. The normalized spacial score (nSPS) is 16.8. The summed E-state index contributed by atoms with van der Waals surface area (Å²) in [5.74, 6) is -4.74. The van der Waals surface area contributed by atoms with E-state index >= 15 is 0 Å². The van der Waals surface area contributed by atoms with E-state index in [1.165, 1.54) is 0 Å². The van der Waals surface area contributed by atoms with E-state index in [0.29, 0.717) is 5.01 Å². The Bertz CT molecular complexity index is 761. The van der Waals surface area contributed by atoms with Crippen LogP contribution in [-0.4, -0.2) is 63.2 Å². The number of hydrogen-bond donors (Lipinski definition) is 4. The standard InChI is InChI=1S/2C8H11N3O4/c9-5(12)3-4(8(10)15)11-6(13)1-2-7(11)14;9-5(12)1-2-6(13)10-11-7(14)3-4-8(11)15/h4H,1-3H2,(H2,9,12)(H2,10,15);1-4H2,(H2,9,12)(H,10,13). The zero-order valence-corrected chi connectivity index (χ0v) is 15.9. The fourth-order valence-electron chi connectivity index (χ4n) is 2.57. The largest absolute Gasteiger partial charge is 0.370 e. The maximum Gasteiger partial charge on any atom is 0.248 e. The topological polar surface area (TPSA) is 233 Å². The molecule has 2 heterocycles. The first-order chi connectivity index (χ1) is 13.9. The summed E-state index contributed by atoms with van der Waals surface area (Å²) in [5.41, 5.74) is 16.8. The highest BCUT2D eigenvalue weighted by molar-refractivity contribution is 6.06. The van der Waals surface area contributed by atoms with E-state index in [9.17, 15) is 38.4 Å². The fourth-order valence-corrected chi connectivity index (χ4v) is 2.57. The van der Waals surface area contributed by atoms with Crippen LogP contribution in [0, 0.1) is 0 Å². The van der Waals surface area contributed by atoms with Gasteiger partial charge in [-0.3, -0.25) is 48.7 Å². The molecule has 0 aromatic rings. The number of nitrogens with zero attached hydrogens (tertiary/aromatic N) is 2. The van der Waals surface area contributed by atoms with E-state index < -0.39 is 59.7 Å². The van der Waals surface area contributed by atoms with Crippen LogP contribution in [0.2, 0.25) is 0 Å². The van der Waals surface area contributed by atoms with Crippen molar-refractivity contribution in [3.8, 4) is 0 Å². The molecule has 2 rings (SSSR count). The lowest BCUT2D eigenvalue weighted by Gasteiger charge is -2.21. The molecule has 0 aromatic heterocycles. The smallest absolute Gasteiger partial charge is 0.248 e. The molecule has 2 fully saturated rings. The molecule has 2 aliphatic heterocycles. The van der Waals surface area contributed by atoms with Crippen LogP contribution in [0.1, 0.15) is 44.9 Å². The van der Waals surface area contributed by atoms with Crippen molar-refractivity contribution < 1.29 is 38.4 Å². The van der Waals surface area contributed by atoms with Gasteiger partial charge in [0.05, 0.1) is 6.42 Å². The molecule has 0 saturated carbocycles. The van der Waals surface area contributed by atoms with Crippen LogP contribution in [0.5, 0.6) is 0 Å². The number of likely N-dealkylation sites (tertiary alicyclic amines) is 1. The maximum absolute atomic E-state index is 11.3. The van der Waals surface area contributed by atoms with Crippen molar-refractivity contribution in [2.75, 3.05) is 0 Å². The number of nitrogens with two attached hydrogens (primary N) is 3. The zero-order chi connectivity index (χ0) is 23.0. The van der Waals surface area contributed by atoms with Gasteiger partial charge in [-0.05, 0) is 0 Å². The van der Waals surface area contributed by atoms with Crippen molar-refractivity contribution >= 4 is 47.3 Å². The summed E-state index contributed by atoms with van der Waals surface area (Å²) in [4.78, 5) is 88.5. The van der Waals surface area contributed by atoms with Crippen LogP contribution >= 0.6 is 0 Å². The zero-order valence-electron chi connectivity index (χ0n) is 15.9. The second-order valence-electron chi connectivity index (χ2n) is 6.37. The molecular formula is C16H22N6O8. The summed E-state index contributed by atoms with van der Waals surface area (Å²) in [7, 11) is 0. The molecule has 0 spiro atoms. The third kappa shape index (κ3) is 6.96. The van der Waals surface area contributed by atoms with E-state index in [2.05, 4.69) is 5.43 Å². The van der Waals surface area contributed by atoms with E-state index in [0.717, 1.165) is 4.90 Å². The molecule has 7 N–H and O–H groups in total. The van der Waals surface area contributed by atoms with Gasteiger partial charge in [-0.1, -0.05) is 0 Å². The number of primary amides is 3. The Balaban J connectivity index is 0.000000300. The minimum Gasteiger partial charge on any atom is -0.370 e. The average Bonchev–Trinajstić information content (AvgIpc) is 3.14. The number of rotatable bonds is 8. The Morgan fingerprint density at radius 1 is 0.767 bits per heavy atom. The van der Waals surface area contributed by atoms with Gasteiger partial charge in [0.1, 0.15) is 6.04 Å². The molecule has 164 valence electrons. The quantitative estimate of drug-likeness (QED) is 0.281. The Kier molecular flexibility index (Phi) is 8.58. The summed E-state index contributed by atoms with van der Waals surface area (Å²) in [6.45, 7) is 0. The molecule has 1 atom stereocenters. The molecule has 8 amide bonds. The summed E-state index contributed by atoms with van der Waals surface area (Å²) >= 11 is 0. The van der Waals surface area contributed by atoms with Crippen molar-refractivity contribution in [3.05, 3.63) is 0 Å². The third-order valence-electron chi connectivity index (χ3n) is 4.01. The number of amides is 8. The van der Waals surface area contributed by atoms with Crippen LogP contribution < -0.4 is 22.6 Å². The highest BCUT2D eigenvalue weighted by Gasteiger charge is 2.38. The van der Waals surface area contributed by atoms with Gasteiger partial charge in [0.2, 0.25) is 47.3 Å². The predicted molar refractivity (Wildman–Crippen MR) is 95.5 cm³/mol. The van der Waals surface area contributed by atoms with Crippen molar-refractivity contribution in [1.29, 1.82) is 0 Å². The Labute approximate surface area is 170 Å². The lowest BCUT2D eigenvalue weighted by Crippen LogP contribution is -2.49. The summed E-state index contributed by atoms with van der Waals surface area (Å²) in [6.07, 6.45) is -0.367. The molecule has 1 unspecified atom stereocenters. The van der Waals surface area contributed by atoms with Gasteiger partial charge in [0.15, 0.2) is 0 Å². The fraction of sp³-hybridized carbons (Fsp3) is 0.500.